The van der Waals surface area contributed by atoms with Gasteiger partial charge in [0.2, 0.25) is 0 Å². The van der Waals surface area contributed by atoms with Gasteiger partial charge in [-0.25, -0.2) is 0 Å². The number of pyridine rings is 1. The quantitative estimate of drug-likeness (QED) is 0.879. The van der Waals surface area contributed by atoms with Crippen molar-refractivity contribution in [2.24, 2.45) is 5.73 Å². The number of benzene rings is 1. The molecule has 2 atom stereocenters. The summed E-state index contributed by atoms with van der Waals surface area (Å²) in [5, 5.41) is 12.2. The number of β-amino-alcohol motifs (C(OH)–C–C–N with tert-alkyl or cyclic N) is 1. The minimum absolute atomic E-state index is 0.0805. The molecule has 4 nitrogen and oxygen atoms in total. The SMILES string of the molecule is N[C@@H]1CCN(Cc2ccc3cncc(Br)c3c2)C[C@H]1O. The molecule has 1 saturated heterocycles. The Labute approximate surface area is 126 Å². The van der Waals surface area contributed by atoms with E-state index in [0.717, 1.165) is 29.4 Å². The number of aliphatic hydroxyl groups is 1. The number of hydrogen-bond acceptors (Lipinski definition) is 4. The zero-order chi connectivity index (χ0) is 14.1. The van der Waals surface area contributed by atoms with Gasteiger partial charge in [-0.15, -0.1) is 0 Å². The van der Waals surface area contributed by atoms with Crippen LogP contribution in [-0.2, 0) is 6.54 Å². The molecule has 106 valence electrons. The second kappa shape index (κ2) is 5.77. The van der Waals surface area contributed by atoms with Gasteiger partial charge in [0.05, 0.1) is 6.10 Å². The summed E-state index contributed by atoms with van der Waals surface area (Å²) in [6, 6.07) is 6.32. The van der Waals surface area contributed by atoms with Crippen LogP contribution >= 0.6 is 15.9 Å². The molecule has 0 bridgehead atoms. The minimum Gasteiger partial charge on any atom is -0.390 e. The van der Waals surface area contributed by atoms with Crippen molar-refractivity contribution in [3.05, 3.63) is 40.6 Å². The molecule has 2 heterocycles. The molecule has 1 aliphatic rings. The van der Waals surface area contributed by atoms with Gasteiger partial charge in [-0.05, 0) is 39.4 Å². The van der Waals surface area contributed by atoms with E-state index in [1.165, 1.54) is 10.9 Å². The first-order valence-corrected chi connectivity index (χ1v) is 7.61. The molecule has 0 aliphatic carbocycles. The van der Waals surface area contributed by atoms with E-state index in [4.69, 9.17) is 5.73 Å². The first kappa shape index (κ1) is 13.9. The third kappa shape index (κ3) is 2.86. The summed E-state index contributed by atoms with van der Waals surface area (Å²) in [5.74, 6) is 0. The highest BCUT2D eigenvalue weighted by Crippen LogP contribution is 2.24. The van der Waals surface area contributed by atoms with Crippen LogP contribution in [0.15, 0.2) is 35.1 Å². The summed E-state index contributed by atoms with van der Waals surface area (Å²) in [6.07, 6.45) is 4.12. The molecular weight excluding hydrogens is 318 g/mol. The van der Waals surface area contributed by atoms with Crippen LogP contribution in [0.4, 0.5) is 0 Å². The Morgan fingerprint density at radius 2 is 2.25 bits per heavy atom. The van der Waals surface area contributed by atoms with Crippen molar-refractivity contribution < 1.29 is 5.11 Å². The lowest BCUT2D eigenvalue weighted by Crippen LogP contribution is -2.50. The second-order valence-electron chi connectivity index (χ2n) is 5.43. The second-order valence-corrected chi connectivity index (χ2v) is 6.29. The van der Waals surface area contributed by atoms with Crippen molar-refractivity contribution in [1.29, 1.82) is 0 Å². The molecule has 0 amide bonds. The topological polar surface area (TPSA) is 62.4 Å². The lowest BCUT2D eigenvalue weighted by Gasteiger charge is -2.34. The van der Waals surface area contributed by atoms with Crippen LogP contribution in [0.5, 0.6) is 0 Å². The van der Waals surface area contributed by atoms with Gasteiger partial charge in [0, 0.05) is 47.9 Å². The fourth-order valence-electron chi connectivity index (χ4n) is 2.69. The van der Waals surface area contributed by atoms with E-state index in [1.807, 2.05) is 12.4 Å². The van der Waals surface area contributed by atoms with Gasteiger partial charge in [0.1, 0.15) is 0 Å². The van der Waals surface area contributed by atoms with Gasteiger partial charge in [0.15, 0.2) is 0 Å². The molecule has 3 rings (SSSR count). The molecule has 0 radical (unpaired) electrons. The van der Waals surface area contributed by atoms with Crippen LogP contribution in [0, 0.1) is 0 Å². The number of aromatic nitrogens is 1. The summed E-state index contributed by atoms with van der Waals surface area (Å²) in [6.45, 7) is 2.43. The van der Waals surface area contributed by atoms with E-state index in [-0.39, 0.29) is 6.04 Å². The van der Waals surface area contributed by atoms with E-state index in [0.29, 0.717) is 6.54 Å². The molecule has 3 N–H and O–H groups in total. The average molecular weight is 336 g/mol. The summed E-state index contributed by atoms with van der Waals surface area (Å²) in [7, 11) is 0. The molecule has 0 saturated carbocycles. The summed E-state index contributed by atoms with van der Waals surface area (Å²) in [5.41, 5.74) is 7.08. The highest BCUT2D eigenvalue weighted by Gasteiger charge is 2.24. The van der Waals surface area contributed by atoms with Crippen LogP contribution in [-0.4, -0.2) is 40.2 Å². The standard InChI is InChI=1S/C15H18BrN3O/c16-13-7-18-6-11-2-1-10(5-12(11)13)8-19-4-3-14(17)15(20)9-19/h1-2,5-7,14-15,20H,3-4,8-9,17H2/t14-,15-/m1/s1. The number of hydrogen-bond donors (Lipinski definition) is 2. The summed E-state index contributed by atoms with van der Waals surface area (Å²) < 4.78 is 1.01. The van der Waals surface area contributed by atoms with Crippen molar-refractivity contribution >= 4 is 26.7 Å². The van der Waals surface area contributed by atoms with Gasteiger partial charge in [0.25, 0.3) is 0 Å². The van der Waals surface area contributed by atoms with Crippen LogP contribution in [0.1, 0.15) is 12.0 Å². The predicted molar refractivity (Wildman–Crippen MR) is 83.3 cm³/mol. The number of fused-ring (bicyclic) bond motifs is 1. The number of nitrogens with zero attached hydrogens (tertiary/aromatic N) is 2. The maximum atomic E-state index is 9.86. The third-order valence-electron chi connectivity index (χ3n) is 3.90. The number of aliphatic hydroxyl groups excluding tert-OH is 1. The predicted octanol–water partition coefficient (Wildman–Crippen LogP) is 1.89. The molecule has 5 heteroatoms. The number of rotatable bonds is 2. The van der Waals surface area contributed by atoms with Crippen LogP contribution in [0.2, 0.25) is 0 Å². The minimum atomic E-state index is -0.417. The van der Waals surface area contributed by atoms with Crippen molar-refractivity contribution in [2.45, 2.75) is 25.1 Å². The Hall–Kier alpha value is -1.01. The van der Waals surface area contributed by atoms with Gasteiger partial charge in [-0.2, -0.15) is 0 Å². The van der Waals surface area contributed by atoms with Gasteiger partial charge < -0.3 is 10.8 Å². The molecule has 0 unspecified atom stereocenters. The Morgan fingerprint density at radius 1 is 1.40 bits per heavy atom. The molecule has 0 spiro atoms. The maximum absolute atomic E-state index is 9.86. The molecular formula is C15H18BrN3O. The monoisotopic (exact) mass is 335 g/mol. The number of halogens is 1. The Kier molecular flexibility index (Phi) is 4.03. The van der Waals surface area contributed by atoms with Crippen molar-refractivity contribution in [2.75, 3.05) is 13.1 Å². The summed E-state index contributed by atoms with van der Waals surface area (Å²) >= 11 is 3.54. The van der Waals surface area contributed by atoms with Crippen molar-refractivity contribution in [1.82, 2.24) is 9.88 Å². The molecule has 2 aromatic rings. The zero-order valence-electron chi connectivity index (χ0n) is 11.2. The zero-order valence-corrected chi connectivity index (χ0v) is 12.8. The van der Waals surface area contributed by atoms with E-state index >= 15 is 0 Å². The van der Waals surface area contributed by atoms with Crippen molar-refractivity contribution in [3.8, 4) is 0 Å². The largest absolute Gasteiger partial charge is 0.390 e. The average Bonchev–Trinajstić information content (AvgIpc) is 2.44. The lowest BCUT2D eigenvalue weighted by atomic mass is 10.0. The molecule has 1 aliphatic heterocycles. The maximum Gasteiger partial charge on any atom is 0.0818 e. The Bertz CT molecular complexity index is 619. The number of piperidine rings is 1. The smallest absolute Gasteiger partial charge is 0.0818 e. The molecule has 1 aromatic carbocycles. The van der Waals surface area contributed by atoms with Crippen LogP contribution in [0.25, 0.3) is 10.8 Å². The van der Waals surface area contributed by atoms with Crippen LogP contribution in [0.3, 0.4) is 0 Å². The number of likely N-dealkylation sites (tertiary alicyclic amines) is 1. The fourth-order valence-corrected chi connectivity index (χ4v) is 3.15. The third-order valence-corrected chi connectivity index (χ3v) is 4.53. The molecule has 1 aromatic heterocycles. The number of nitrogens with two attached hydrogens (primary N) is 1. The highest BCUT2D eigenvalue weighted by atomic mass is 79.9. The van der Waals surface area contributed by atoms with E-state index in [1.54, 1.807) is 0 Å². The lowest BCUT2D eigenvalue weighted by molar-refractivity contribution is 0.0499. The molecule has 20 heavy (non-hydrogen) atoms. The first-order chi connectivity index (χ1) is 9.63. The Morgan fingerprint density at radius 3 is 3.05 bits per heavy atom. The van der Waals surface area contributed by atoms with E-state index in [9.17, 15) is 5.11 Å². The van der Waals surface area contributed by atoms with E-state index < -0.39 is 6.10 Å². The normalized spacial score (nSPS) is 24.1. The fraction of sp³-hybridized carbons (Fsp3) is 0.400. The molecule has 1 fully saturated rings. The summed E-state index contributed by atoms with van der Waals surface area (Å²) in [4.78, 5) is 6.43. The first-order valence-electron chi connectivity index (χ1n) is 6.81. The highest BCUT2D eigenvalue weighted by molar-refractivity contribution is 9.10. The van der Waals surface area contributed by atoms with Crippen molar-refractivity contribution in [3.63, 3.8) is 0 Å². The van der Waals surface area contributed by atoms with E-state index in [2.05, 4.69) is 44.0 Å². The van der Waals surface area contributed by atoms with Gasteiger partial charge >= 0.3 is 0 Å². The van der Waals surface area contributed by atoms with Gasteiger partial charge in [-0.1, -0.05) is 12.1 Å². The van der Waals surface area contributed by atoms with Gasteiger partial charge in [-0.3, -0.25) is 9.88 Å². The Balaban J connectivity index is 1.79. The van der Waals surface area contributed by atoms with Crippen LogP contribution < -0.4 is 5.73 Å².